The summed E-state index contributed by atoms with van der Waals surface area (Å²) in [4.78, 5) is 30.6. The first-order chi connectivity index (χ1) is 15.1. The molecule has 0 radical (unpaired) electrons. The van der Waals surface area contributed by atoms with E-state index >= 15 is 0 Å². The highest BCUT2D eigenvalue weighted by Gasteiger charge is 2.51. The third-order valence-corrected chi connectivity index (χ3v) is 6.76. The van der Waals surface area contributed by atoms with Crippen LogP contribution in [0, 0.1) is 0 Å². The lowest BCUT2D eigenvalue weighted by Crippen LogP contribution is -2.52. The predicted octanol–water partition coefficient (Wildman–Crippen LogP) is 4.37. The molecule has 0 aromatic heterocycles. The maximum atomic E-state index is 13.8. The van der Waals surface area contributed by atoms with Gasteiger partial charge in [-0.2, -0.15) is 0 Å². The van der Waals surface area contributed by atoms with Gasteiger partial charge in [-0.25, -0.2) is 9.69 Å². The van der Waals surface area contributed by atoms with Crippen molar-refractivity contribution in [3.8, 4) is 0 Å². The zero-order valence-corrected chi connectivity index (χ0v) is 18.4. The summed E-state index contributed by atoms with van der Waals surface area (Å²) in [5.41, 5.74) is 1.15. The number of carbonyl (C=O) groups is 2. The van der Waals surface area contributed by atoms with Gasteiger partial charge in [0.05, 0.1) is 6.67 Å². The third-order valence-electron chi connectivity index (χ3n) is 6.76. The second kappa shape index (κ2) is 9.65. The van der Waals surface area contributed by atoms with E-state index in [9.17, 15) is 9.59 Å². The van der Waals surface area contributed by atoms with Crippen molar-refractivity contribution in [1.29, 1.82) is 0 Å². The minimum absolute atomic E-state index is 0.112. The molecule has 3 amide bonds. The molecular weight excluding hydrogens is 386 g/mol. The first kappa shape index (κ1) is 21.6. The van der Waals surface area contributed by atoms with E-state index in [0.29, 0.717) is 25.6 Å². The van der Waals surface area contributed by atoms with Crippen molar-refractivity contribution in [3.05, 3.63) is 71.8 Å². The minimum atomic E-state index is -0.953. The third kappa shape index (κ3) is 4.82. The van der Waals surface area contributed by atoms with E-state index in [1.54, 1.807) is 0 Å². The van der Waals surface area contributed by atoms with Crippen LogP contribution in [0.1, 0.15) is 50.2 Å². The molecule has 0 unspecified atom stereocenters. The van der Waals surface area contributed by atoms with Crippen LogP contribution in [0.2, 0.25) is 0 Å². The number of rotatable bonds is 8. The molecule has 2 fully saturated rings. The van der Waals surface area contributed by atoms with Crippen molar-refractivity contribution in [2.45, 2.75) is 63.5 Å². The second-order valence-electron chi connectivity index (χ2n) is 8.91. The Hall–Kier alpha value is -2.66. The standard InChI is InChI=1S/C26H33N3O2/c1-2-28(23-16-10-5-11-17-23)20-29-24(30)26(27-25(29)31,18-21-12-6-3-7-13-21)19-22-14-8-4-9-15-22/h3-4,6-9,12-15,23H,2,5,10-11,16-20H2,1H3,(H,27,31). The monoisotopic (exact) mass is 419 g/mol. The minimum Gasteiger partial charge on any atom is -0.322 e. The Morgan fingerprint density at radius 3 is 1.97 bits per heavy atom. The van der Waals surface area contributed by atoms with E-state index in [2.05, 4.69) is 17.1 Å². The van der Waals surface area contributed by atoms with Crippen molar-refractivity contribution >= 4 is 11.9 Å². The molecule has 1 N–H and O–H groups in total. The second-order valence-corrected chi connectivity index (χ2v) is 8.91. The lowest BCUT2D eigenvalue weighted by atomic mass is 9.84. The Morgan fingerprint density at radius 1 is 0.903 bits per heavy atom. The maximum absolute atomic E-state index is 13.8. The van der Waals surface area contributed by atoms with Crippen LogP contribution in [0.25, 0.3) is 0 Å². The summed E-state index contributed by atoms with van der Waals surface area (Å²) in [7, 11) is 0. The molecule has 2 aromatic carbocycles. The molecule has 0 spiro atoms. The summed E-state index contributed by atoms with van der Waals surface area (Å²) in [6.45, 7) is 3.33. The average molecular weight is 420 g/mol. The normalized spacial score (nSPS) is 19.1. The van der Waals surface area contributed by atoms with Gasteiger partial charge in [0.2, 0.25) is 0 Å². The Kier molecular flexibility index (Phi) is 6.71. The fourth-order valence-electron chi connectivity index (χ4n) is 5.10. The number of carbonyl (C=O) groups excluding carboxylic acids is 2. The predicted molar refractivity (Wildman–Crippen MR) is 123 cm³/mol. The van der Waals surface area contributed by atoms with Crippen LogP contribution in [0.3, 0.4) is 0 Å². The first-order valence-corrected chi connectivity index (χ1v) is 11.6. The molecule has 1 aliphatic heterocycles. The van der Waals surface area contributed by atoms with Crippen molar-refractivity contribution in [1.82, 2.24) is 15.1 Å². The highest BCUT2D eigenvalue weighted by atomic mass is 16.2. The van der Waals surface area contributed by atoms with Gasteiger partial charge in [0.25, 0.3) is 5.91 Å². The molecule has 1 heterocycles. The summed E-state index contributed by atoms with van der Waals surface area (Å²) in [5, 5.41) is 3.11. The van der Waals surface area contributed by atoms with Gasteiger partial charge in [0.15, 0.2) is 0 Å². The van der Waals surface area contributed by atoms with Crippen molar-refractivity contribution in [2.75, 3.05) is 13.2 Å². The summed E-state index contributed by atoms with van der Waals surface area (Å²) < 4.78 is 0. The summed E-state index contributed by atoms with van der Waals surface area (Å²) in [6, 6.07) is 20.1. The molecule has 5 heteroatoms. The van der Waals surface area contributed by atoms with Gasteiger partial charge < -0.3 is 5.32 Å². The van der Waals surface area contributed by atoms with E-state index in [0.717, 1.165) is 30.5 Å². The van der Waals surface area contributed by atoms with Crippen molar-refractivity contribution in [3.63, 3.8) is 0 Å². The van der Waals surface area contributed by atoms with Gasteiger partial charge in [-0.1, -0.05) is 86.8 Å². The summed E-state index contributed by atoms with van der Waals surface area (Å²) in [5.74, 6) is -0.112. The van der Waals surface area contributed by atoms with Gasteiger partial charge in [0.1, 0.15) is 5.54 Å². The fourth-order valence-corrected chi connectivity index (χ4v) is 5.10. The average Bonchev–Trinajstić information content (AvgIpc) is 3.02. The van der Waals surface area contributed by atoms with Gasteiger partial charge in [-0.05, 0) is 30.5 Å². The number of nitrogens with one attached hydrogen (secondary N) is 1. The highest BCUT2D eigenvalue weighted by molar-refractivity contribution is 6.07. The molecule has 0 atom stereocenters. The smallest absolute Gasteiger partial charge is 0.322 e. The SMILES string of the molecule is CCN(CN1C(=O)NC(Cc2ccccc2)(Cc2ccccc2)C1=O)C1CCCCC1. The zero-order chi connectivity index (χ0) is 21.7. The number of amides is 3. The van der Waals surface area contributed by atoms with Crippen molar-refractivity contribution < 1.29 is 9.59 Å². The Labute approximate surface area is 185 Å². The van der Waals surface area contributed by atoms with Gasteiger partial charge >= 0.3 is 6.03 Å². The molecule has 164 valence electrons. The first-order valence-electron chi connectivity index (χ1n) is 11.6. The Morgan fingerprint density at radius 2 is 1.45 bits per heavy atom. The Balaban J connectivity index is 1.59. The number of nitrogens with zero attached hydrogens (tertiary/aromatic N) is 2. The van der Waals surface area contributed by atoms with Crippen LogP contribution in [-0.4, -0.2) is 46.5 Å². The van der Waals surface area contributed by atoms with Crippen LogP contribution in [0.4, 0.5) is 4.79 Å². The van der Waals surface area contributed by atoms with Crippen LogP contribution in [0.15, 0.2) is 60.7 Å². The molecule has 1 saturated carbocycles. The molecule has 0 bridgehead atoms. The topological polar surface area (TPSA) is 52.6 Å². The molecule has 2 aliphatic rings. The molecule has 4 rings (SSSR count). The van der Waals surface area contributed by atoms with Crippen LogP contribution in [-0.2, 0) is 17.6 Å². The molecule has 1 aliphatic carbocycles. The molecular formula is C26H33N3O2. The van der Waals surface area contributed by atoms with Crippen LogP contribution >= 0.6 is 0 Å². The largest absolute Gasteiger partial charge is 0.326 e. The molecule has 1 saturated heterocycles. The number of hydrogen-bond acceptors (Lipinski definition) is 3. The maximum Gasteiger partial charge on any atom is 0.326 e. The quantitative estimate of drug-likeness (QED) is 0.646. The summed E-state index contributed by atoms with van der Waals surface area (Å²) in [6.07, 6.45) is 7.01. The van der Waals surface area contributed by atoms with Crippen LogP contribution < -0.4 is 5.32 Å². The highest BCUT2D eigenvalue weighted by Crippen LogP contribution is 2.29. The van der Waals surface area contributed by atoms with Gasteiger partial charge in [-0.15, -0.1) is 0 Å². The molecule has 2 aromatic rings. The zero-order valence-electron chi connectivity index (χ0n) is 18.4. The number of benzene rings is 2. The molecule has 5 nitrogen and oxygen atoms in total. The lowest BCUT2D eigenvalue weighted by Gasteiger charge is -2.35. The number of hydrogen-bond donors (Lipinski definition) is 1. The van der Waals surface area contributed by atoms with E-state index in [1.165, 1.54) is 24.2 Å². The van der Waals surface area contributed by atoms with E-state index in [1.807, 2.05) is 60.7 Å². The van der Waals surface area contributed by atoms with E-state index in [-0.39, 0.29) is 11.9 Å². The fraction of sp³-hybridized carbons (Fsp3) is 0.462. The van der Waals surface area contributed by atoms with Crippen LogP contribution in [0.5, 0.6) is 0 Å². The molecule has 31 heavy (non-hydrogen) atoms. The Bertz CT molecular complexity index is 837. The summed E-state index contributed by atoms with van der Waals surface area (Å²) >= 11 is 0. The van der Waals surface area contributed by atoms with E-state index < -0.39 is 5.54 Å². The van der Waals surface area contributed by atoms with Gasteiger partial charge in [0, 0.05) is 18.9 Å². The van der Waals surface area contributed by atoms with E-state index in [4.69, 9.17) is 0 Å². The van der Waals surface area contributed by atoms with Gasteiger partial charge in [-0.3, -0.25) is 9.69 Å². The number of urea groups is 1. The number of imide groups is 1. The lowest BCUT2D eigenvalue weighted by molar-refractivity contribution is -0.133. The van der Waals surface area contributed by atoms with Crippen molar-refractivity contribution in [2.24, 2.45) is 0 Å².